The minimum Gasteiger partial charge on any atom is -0.356 e. The first-order chi connectivity index (χ1) is 12.2. The van der Waals surface area contributed by atoms with Gasteiger partial charge in [-0.25, -0.2) is 8.78 Å². The van der Waals surface area contributed by atoms with Crippen molar-refractivity contribution in [3.63, 3.8) is 0 Å². The third kappa shape index (κ3) is 6.33. The molecule has 2 fully saturated rings. The lowest BCUT2D eigenvalue weighted by molar-refractivity contribution is 0.0744. The summed E-state index contributed by atoms with van der Waals surface area (Å²) in [5, 5.41) is 6.87. The number of alkyl halides is 2. The predicted octanol–water partition coefficient (Wildman–Crippen LogP) is 3.30. The summed E-state index contributed by atoms with van der Waals surface area (Å²) >= 11 is 0. The van der Waals surface area contributed by atoms with Crippen LogP contribution in [0.2, 0.25) is 0 Å². The van der Waals surface area contributed by atoms with Gasteiger partial charge < -0.3 is 10.6 Å². The maximum atomic E-state index is 12.4. The van der Waals surface area contributed by atoms with Gasteiger partial charge in [0.15, 0.2) is 5.96 Å². The molecule has 1 aliphatic carbocycles. The molecule has 1 aromatic rings. The summed E-state index contributed by atoms with van der Waals surface area (Å²) in [6.45, 7) is 2.25. The van der Waals surface area contributed by atoms with Gasteiger partial charge in [-0.15, -0.1) is 24.0 Å². The van der Waals surface area contributed by atoms with Crippen molar-refractivity contribution in [2.75, 3.05) is 33.2 Å². The van der Waals surface area contributed by atoms with Gasteiger partial charge in [0.25, 0.3) is 6.43 Å². The van der Waals surface area contributed by atoms with Crippen LogP contribution in [0.4, 0.5) is 8.78 Å². The maximum Gasteiger partial charge on any atom is 0.251 e. The van der Waals surface area contributed by atoms with E-state index in [1.54, 1.807) is 7.05 Å². The predicted molar refractivity (Wildman–Crippen MR) is 113 cm³/mol. The summed E-state index contributed by atoms with van der Waals surface area (Å²) in [4.78, 5) is 6.15. The highest BCUT2D eigenvalue weighted by Crippen LogP contribution is 2.46. The number of hydrogen-bond acceptors (Lipinski definition) is 2. The topological polar surface area (TPSA) is 39.7 Å². The monoisotopic (exact) mass is 478 g/mol. The lowest BCUT2D eigenvalue weighted by atomic mass is 10.1. The third-order valence-electron chi connectivity index (χ3n) is 5.23. The first-order valence-electron chi connectivity index (χ1n) is 9.18. The Labute approximate surface area is 171 Å². The number of benzene rings is 1. The Morgan fingerprint density at radius 2 is 1.92 bits per heavy atom. The van der Waals surface area contributed by atoms with Crippen molar-refractivity contribution in [1.29, 1.82) is 0 Å². The van der Waals surface area contributed by atoms with E-state index in [0.29, 0.717) is 17.9 Å². The van der Waals surface area contributed by atoms with E-state index in [0.717, 1.165) is 38.4 Å². The quantitative estimate of drug-likeness (QED) is 0.375. The van der Waals surface area contributed by atoms with E-state index in [-0.39, 0.29) is 30.5 Å². The van der Waals surface area contributed by atoms with Crippen molar-refractivity contribution in [3.8, 4) is 0 Å². The van der Waals surface area contributed by atoms with Crippen molar-refractivity contribution < 1.29 is 8.78 Å². The normalized spacial score (nSPS) is 24.2. The van der Waals surface area contributed by atoms with Crippen molar-refractivity contribution in [3.05, 3.63) is 35.9 Å². The zero-order chi connectivity index (χ0) is 17.6. The van der Waals surface area contributed by atoms with E-state index < -0.39 is 6.43 Å². The Morgan fingerprint density at radius 1 is 1.23 bits per heavy atom. The molecular weight excluding hydrogens is 449 g/mol. The zero-order valence-electron chi connectivity index (χ0n) is 15.2. The first-order valence-corrected chi connectivity index (χ1v) is 9.18. The van der Waals surface area contributed by atoms with Crippen molar-refractivity contribution in [2.45, 2.75) is 37.6 Å². The molecular formula is C19H29F2IN4. The number of aliphatic imine (C=N–C) groups is 1. The molecule has 1 saturated carbocycles. The average Bonchev–Trinajstić information content (AvgIpc) is 3.40. The Hall–Kier alpha value is -0.960. The number of piperidine rings is 1. The lowest BCUT2D eigenvalue weighted by Crippen LogP contribution is -2.49. The van der Waals surface area contributed by atoms with Crippen LogP contribution in [0.3, 0.4) is 0 Å². The van der Waals surface area contributed by atoms with E-state index in [4.69, 9.17) is 0 Å². The second-order valence-electron chi connectivity index (χ2n) is 7.08. The van der Waals surface area contributed by atoms with Crippen LogP contribution in [0.5, 0.6) is 0 Å². The maximum absolute atomic E-state index is 12.4. The Kier molecular flexibility index (Phi) is 8.53. The molecule has 146 valence electrons. The van der Waals surface area contributed by atoms with E-state index >= 15 is 0 Å². The molecule has 1 aliphatic heterocycles. The number of guanidine groups is 1. The zero-order valence-corrected chi connectivity index (χ0v) is 17.5. The van der Waals surface area contributed by atoms with Gasteiger partial charge in [-0.3, -0.25) is 9.89 Å². The number of likely N-dealkylation sites (tertiary alicyclic amines) is 1. The highest BCUT2D eigenvalue weighted by molar-refractivity contribution is 14.0. The number of nitrogens with zero attached hydrogens (tertiary/aromatic N) is 2. The Bertz CT molecular complexity index is 562. The first kappa shape index (κ1) is 21.3. The molecule has 0 aromatic heterocycles. The van der Waals surface area contributed by atoms with Crippen molar-refractivity contribution >= 4 is 29.9 Å². The number of hydrogen-bond donors (Lipinski definition) is 2. The van der Waals surface area contributed by atoms with Crippen LogP contribution in [-0.2, 0) is 0 Å². The molecule has 1 heterocycles. The molecule has 26 heavy (non-hydrogen) atoms. The molecule has 0 amide bonds. The fraction of sp³-hybridized carbons (Fsp3) is 0.632. The minimum atomic E-state index is -2.24. The summed E-state index contributed by atoms with van der Waals surface area (Å²) < 4.78 is 24.9. The van der Waals surface area contributed by atoms with Gasteiger partial charge in [-0.1, -0.05) is 30.3 Å². The number of rotatable bonds is 6. The van der Waals surface area contributed by atoms with E-state index in [9.17, 15) is 8.78 Å². The third-order valence-corrected chi connectivity index (χ3v) is 5.23. The standard InChI is InChI=1S/C19H28F2N4.HI/c1-22-19(24-16-7-9-25(10-8-16)13-18(20)21)23-12-15-11-17(15)14-5-3-2-4-6-14;/h2-6,15-18H,7-13H2,1H3,(H2,22,23,24);1H. The largest absolute Gasteiger partial charge is 0.356 e. The average molecular weight is 478 g/mol. The van der Waals surface area contributed by atoms with Crippen LogP contribution in [-0.4, -0.2) is 56.6 Å². The summed E-state index contributed by atoms with van der Waals surface area (Å²) in [6.07, 6.45) is 0.738. The Balaban J connectivity index is 0.00000243. The number of nitrogens with one attached hydrogen (secondary N) is 2. The molecule has 2 atom stereocenters. The highest BCUT2D eigenvalue weighted by atomic mass is 127. The van der Waals surface area contributed by atoms with Crippen LogP contribution in [0, 0.1) is 5.92 Å². The molecule has 3 rings (SSSR count). The molecule has 2 aliphatic rings. The van der Waals surface area contributed by atoms with Crippen molar-refractivity contribution in [2.24, 2.45) is 10.9 Å². The van der Waals surface area contributed by atoms with E-state index in [1.807, 2.05) is 4.90 Å². The minimum absolute atomic E-state index is 0. The molecule has 1 saturated heterocycles. The van der Waals surface area contributed by atoms with Crippen LogP contribution < -0.4 is 10.6 Å². The van der Waals surface area contributed by atoms with Crippen LogP contribution in [0.25, 0.3) is 0 Å². The van der Waals surface area contributed by atoms with Gasteiger partial charge in [0.05, 0.1) is 6.54 Å². The van der Waals surface area contributed by atoms with Gasteiger partial charge in [-0.05, 0) is 36.7 Å². The fourth-order valence-electron chi connectivity index (χ4n) is 3.65. The summed E-state index contributed by atoms with van der Waals surface area (Å²) in [5.41, 5.74) is 1.42. The second kappa shape index (κ2) is 10.4. The molecule has 1 aromatic carbocycles. The molecule has 0 bridgehead atoms. The lowest BCUT2D eigenvalue weighted by Gasteiger charge is -2.32. The molecule has 2 N–H and O–H groups in total. The highest BCUT2D eigenvalue weighted by Gasteiger charge is 2.37. The number of halogens is 3. The van der Waals surface area contributed by atoms with Crippen LogP contribution in [0.15, 0.2) is 35.3 Å². The van der Waals surface area contributed by atoms with Gasteiger partial charge >= 0.3 is 0 Å². The molecule has 4 nitrogen and oxygen atoms in total. The van der Waals surface area contributed by atoms with Gasteiger partial charge in [0.2, 0.25) is 0 Å². The SMILES string of the molecule is CN=C(NCC1CC1c1ccccc1)NC1CCN(CC(F)F)CC1.I. The van der Waals surface area contributed by atoms with Gasteiger partial charge in [-0.2, -0.15) is 0 Å². The molecule has 2 unspecified atom stereocenters. The van der Waals surface area contributed by atoms with Crippen molar-refractivity contribution in [1.82, 2.24) is 15.5 Å². The van der Waals surface area contributed by atoms with Crippen LogP contribution >= 0.6 is 24.0 Å². The van der Waals surface area contributed by atoms with Gasteiger partial charge in [0, 0.05) is 32.7 Å². The van der Waals surface area contributed by atoms with Gasteiger partial charge in [0.1, 0.15) is 0 Å². The summed E-state index contributed by atoms with van der Waals surface area (Å²) in [6, 6.07) is 11.0. The molecule has 0 spiro atoms. The van der Waals surface area contributed by atoms with E-state index in [2.05, 4.69) is 46.0 Å². The molecule has 7 heteroatoms. The second-order valence-corrected chi connectivity index (χ2v) is 7.08. The van der Waals surface area contributed by atoms with E-state index in [1.165, 1.54) is 12.0 Å². The fourth-order valence-corrected chi connectivity index (χ4v) is 3.65. The summed E-state index contributed by atoms with van der Waals surface area (Å²) in [7, 11) is 1.78. The Morgan fingerprint density at radius 3 is 2.54 bits per heavy atom. The molecule has 0 radical (unpaired) electrons. The summed E-state index contributed by atoms with van der Waals surface area (Å²) in [5.74, 6) is 2.14. The van der Waals surface area contributed by atoms with Crippen LogP contribution in [0.1, 0.15) is 30.7 Å². The smallest absolute Gasteiger partial charge is 0.251 e.